The molecule has 1 aromatic rings. The van der Waals surface area contributed by atoms with E-state index in [1.807, 2.05) is 0 Å². The molecule has 15 heavy (non-hydrogen) atoms. The number of aryl methyl sites for hydroxylation is 1. The standard InChI is InChI=1S/C8H8Cl3N3O/c1-3-4-15-7-13-5(2)12-6(14-7)8(9,10)11/h3H,1,4H2,2H3. The van der Waals surface area contributed by atoms with Crippen LogP contribution >= 0.6 is 34.8 Å². The molecule has 0 saturated heterocycles. The minimum absolute atomic E-state index is 0.0408. The number of nitrogens with zero attached hydrogens (tertiary/aromatic N) is 3. The van der Waals surface area contributed by atoms with Crippen LogP contribution in [-0.4, -0.2) is 21.6 Å². The van der Waals surface area contributed by atoms with E-state index in [0.717, 1.165) is 0 Å². The van der Waals surface area contributed by atoms with Crippen molar-refractivity contribution in [3.05, 3.63) is 24.3 Å². The maximum absolute atomic E-state index is 5.64. The van der Waals surface area contributed by atoms with Crippen LogP contribution in [0.1, 0.15) is 11.6 Å². The van der Waals surface area contributed by atoms with Gasteiger partial charge in [0.2, 0.25) is 3.79 Å². The van der Waals surface area contributed by atoms with Crippen LogP contribution in [0.4, 0.5) is 0 Å². The van der Waals surface area contributed by atoms with Crippen molar-refractivity contribution in [1.29, 1.82) is 0 Å². The number of alkyl halides is 3. The predicted octanol–water partition coefficient (Wildman–Crippen LogP) is 2.57. The number of aromatic nitrogens is 3. The van der Waals surface area contributed by atoms with Gasteiger partial charge in [-0.15, -0.1) is 0 Å². The smallest absolute Gasteiger partial charge is 0.320 e. The summed E-state index contributed by atoms with van der Waals surface area (Å²) in [5.74, 6) is 0.462. The largest absolute Gasteiger partial charge is 0.459 e. The minimum atomic E-state index is -1.68. The second-order valence-corrected chi connectivity index (χ2v) is 4.87. The Labute approximate surface area is 102 Å². The van der Waals surface area contributed by atoms with Crippen molar-refractivity contribution in [2.45, 2.75) is 10.7 Å². The van der Waals surface area contributed by atoms with Gasteiger partial charge in [0.1, 0.15) is 12.4 Å². The molecule has 1 rings (SSSR count). The summed E-state index contributed by atoms with van der Waals surface area (Å²) in [4.78, 5) is 11.7. The highest BCUT2D eigenvalue weighted by molar-refractivity contribution is 6.66. The first-order valence-corrected chi connectivity index (χ1v) is 5.10. The zero-order valence-corrected chi connectivity index (χ0v) is 10.1. The number of rotatable bonds is 3. The van der Waals surface area contributed by atoms with E-state index in [4.69, 9.17) is 39.5 Å². The van der Waals surface area contributed by atoms with Gasteiger partial charge in [-0.3, -0.25) is 0 Å². The van der Waals surface area contributed by atoms with Crippen LogP contribution in [0, 0.1) is 6.92 Å². The Bertz CT molecular complexity index is 365. The second kappa shape index (κ2) is 4.96. The molecular weight excluding hydrogens is 260 g/mol. The molecule has 0 N–H and O–H groups in total. The van der Waals surface area contributed by atoms with Gasteiger partial charge in [0.15, 0.2) is 5.82 Å². The van der Waals surface area contributed by atoms with Crippen molar-refractivity contribution in [2.24, 2.45) is 0 Å². The summed E-state index contributed by atoms with van der Waals surface area (Å²) in [6.45, 7) is 5.43. The minimum Gasteiger partial charge on any atom is -0.459 e. The van der Waals surface area contributed by atoms with Crippen LogP contribution in [0.3, 0.4) is 0 Å². The van der Waals surface area contributed by atoms with Gasteiger partial charge in [-0.1, -0.05) is 47.5 Å². The van der Waals surface area contributed by atoms with E-state index >= 15 is 0 Å². The lowest BCUT2D eigenvalue weighted by Gasteiger charge is -2.10. The first-order valence-electron chi connectivity index (χ1n) is 3.97. The fourth-order valence-corrected chi connectivity index (χ4v) is 1.04. The molecule has 4 nitrogen and oxygen atoms in total. The fourth-order valence-electron chi connectivity index (χ4n) is 0.782. The van der Waals surface area contributed by atoms with Gasteiger partial charge in [0, 0.05) is 0 Å². The van der Waals surface area contributed by atoms with Gasteiger partial charge in [0.05, 0.1) is 0 Å². The van der Waals surface area contributed by atoms with Crippen molar-refractivity contribution in [1.82, 2.24) is 15.0 Å². The second-order valence-electron chi connectivity index (χ2n) is 2.59. The zero-order valence-electron chi connectivity index (χ0n) is 7.88. The Morgan fingerprint density at radius 1 is 1.33 bits per heavy atom. The lowest BCUT2D eigenvalue weighted by molar-refractivity contribution is 0.329. The van der Waals surface area contributed by atoms with Gasteiger partial charge in [0.25, 0.3) is 0 Å². The zero-order chi connectivity index (χ0) is 11.5. The van der Waals surface area contributed by atoms with E-state index in [1.165, 1.54) is 0 Å². The molecule has 0 unspecified atom stereocenters. The molecule has 0 aliphatic rings. The quantitative estimate of drug-likeness (QED) is 0.624. The summed E-state index contributed by atoms with van der Waals surface area (Å²) in [6, 6.07) is 0.115. The lowest BCUT2D eigenvalue weighted by atomic mass is 10.6. The number of hydrogen-bond acceptors (Lipinski definition) is 4. The van der Waals surface area contributed by atoms with Crippen LogP contribution < -0.4 is 4.74 Å². The summed E-state index contributed by atoms with van der Waals surface area (Å²) in [5.41, 5.74) is 0. The lowest BCUT2D eigenvalue weighted by Crippen LogP contribution is -2.11. The Morgan fingerprint density at radius 2 is 2.00 bits per heavy atom. The van der Waals surface area contributed by atoms with Crippen LogP contribution in [0.2, 0.25) is 0 Å². The first kappa shape index (κ1) is 12.5. The highest BCUT2D eigenvalue weighted by atomic mass is 35.6. The average Bonchev–Trinajstić information content (AvgIpc) is 2.12. The number of ether oxygens (including phenoxy) is 1. The van der Waals surface area contributed by atoms with Gasteiger partial charge >= 0.3 is 6.01 Å². The third-order valence-electron chi connectivity index (χ3n) is 1.31. The molecular formula is C8H8Cl3N3O. The van der Waals surface area contributed by atoms with Crippen LogP contribution in [-0.2, 0) is 3.79 Å². The Morgan fingerprint density at radius 3 is 2.53 bits per heavy atom. The van der Waals surface area contributed by atoms with E-state index in [9.17, 15) is 0 Å². The number of halogens is 3. The molecule has 0 amide bonds. The fraction of sp³-hybridized carbons (Fsp3) is 0.375. The molecule has 1 aromatic heterocycles. The van der Waals surface area contributed by atoms with E-state index in [0.29, 0.717) is 5.82 Å². The normalized spacial score (nSPS) is 11.2. The first-order chi connectivity index (χ1) is 6.93. The average molecular weight is 269 g/mol. The van der Waals surface area contributed by atoms with Gasteiger partial charge < -0.3 is 4.74 Å². The van der Waals surface area contributed by atoms with Crippen LogP contribution in [0.15, 0.2) is 12.7 Å². The molecule has 0 aliphatic heterocycles. The molecule has 1 heterocycles. The summed E-state index contributed by atoms with van der Waals surface area (Å²) < 4.78 is 3.44. The van der Waals surface area contributed by atoms with Crippen LogP contribution in [0.25, 0.3) is 0 Å². The van der Waals surface area contributed by atoms with E-state index < -0.39 is 3.79 Å². The van der Waals surface area contributed by atoms with Gasteiger partial charge in [-0.05, 0) is 6.92 Å². The van der Waals surface area contributed by atoms with Gasteiger partial charge in [-0.2, -0.15) is 9.97 Å². The molecule has 0 radical (unpaired) electrons. The molecule has 0 aromatic carbocycles. The molecule has 0 atom stereocenters. The van der Waals surface area contributed by atoms with Crippen molar-refractivity contribution in [2.75, 3.05) is 6.61 Å². The molecule has 0 fully saturated rings. The molecule has 82 valence electrons. The molecule has 0 saturated carbocycles. The van der Waals surface area contributed by atoms with Crippen LogP contribution in [0.5, 0.6) is 6.01 Å². The summed E-state index contributed by atoms with van der Waals surface area (Å²) in [6.07, 6.45) is 1.56. The SMILES string of the molecule is C=CCOc1nc(C)nc(C(Cl)(Cl)Cl)n1. The topological polar surface area (TPSA) is 47.9 Å². The summed E-state index contributed by atoms with van der Waals surface area (Å²) >= 11 is 16.9. The Kier molecular flexibility index (Phi) is 4.13. The highest BCUT2D eigenvalue weighted by Gasteiger charge is 2.28. The molecule has 0 bridgehead atoms. The van der Waals surface area contributed by atoms with E-state index in [-0.39, 0.29) is 18.4 Å². The van der Waals surface area contributed by atoms with E-state index in [1.54, 1.807) is 13.0 Å². The van der Waals surface area contributed by atoms with Crippen molar-refractivity contribution >= 4 is 34.8 Å². The Balaban J connectivity index is 3.00. The maximum Gasteiger partial charge on any atom is 0.320 e. The third-order valence-corrected chi connectivity index (χ3v) is 1.82. The highest BCUT2D eigenvalue weighted by Crippen LogP contribution is 2.36. The van der Waals surface area contributed by atoms with Gasteiger partial charge in [-0.25, -0.2) is 4.98 Å². The maximum atomic E-state index is 5.64. The summed E-state index contributed by atoms with van der Waals surface area (Å²) in [5, 5.41) is 0. The predicted molar refractivity (Wildman–Crippen MR) is 59.5 cm³/mol. The molecule has 0 aliphatic carbocycles. The molecule has 0 spiro atoms. The molecule has 7 heteroatoms. The number of hydrogen-bond donors (Lipinski definition) is 0. The monoisotopic (exact) mass is 267 g/mol. The summed E-state index contributed by atoms with van der Waals surface area (Å²) in [7, 11) is 0. The van der Waals surface area contributed by atoms with Crippen molar-refractivity contribution in [3.8, 4) is 6.01 Å². The van der Waals surface area contributed by atoms with Crippen molar-refractivity contribution < 1.29 is 4.74 Å². The third kappa shape index (κ3) is 3.81. The van der Waals surface area contributed by atoms with E-state index in [2.05, 4.69) is 21.5 Å². The Hall–Kier alpha value is -0.580. The van der Waals surface area contributed by atoms with Crippen molar-refractivity contribution in [3.63, 3.8) is 0 Å².